The van der Waals surface area contributed by atoms with E-state index in [1.165, 1.54) is 30.9 Å². The molecule has 1 heterocycles. The number of amides is 1. The van der Waals surface area contributed by atoms with Crippen molar-refractivity contribution in [3.63, 3.8) is 0 Å². The Morgan fingerprint density at radius 3 is 2.81 bits per heavy atom. The van der Waals surface area contributed by atoms with Crippen molar-refractivity contribution in [3.05, 3.63) is 39.9 Å². The number of likely N-dealkylation sites (N-methyl/N-ethyl adjacent to an activating group) is 1. The summed E-state index contributed by atoms with van der Waals surface area (Å²) in [7, 11) is -2.15. The summed E-state index contributed by atoms with van der Waals surface area (Å²) in [6.07, 6.45) is 1.01. The molecular weight excluding hydrogens is 402 g/mol. The van der Waals surface area contributed by atoms with E-state index in [1.807, 2.05) is 0 Å². The fourth-order valence-corrected chi connectivity index (χ4v) is 3.76. The molecule has 0 aliphatic heterocycles. The van der Waals surface area contributed by atoms with Gasteiger partial charge in [0.15, 0.2) is 4.34 Å². The highest BCUT2D eigenvalue weighted by Gasteiger charge is 2.16. The van der Waals surface area contributed by atoms with Gasteiger partial charge >= 0.3 is 0 Å². The molecule has 0 radical (unpaired) electrons. The van der Waals surface area contributed by atoms with Crippen molar-refractivity contribution in [1.29, 1.82) is 0 Å². The smallest absolute Gasteiger partial charge is 0.269 e. The molecule has 0 atom stereocenters. The largest absolute Gasteiger partial charge is 0.299 e. The Hall–Kier alpha value is -2.09. The molecule has 0 saturated heterocycles. The highest BCUT2D eigenvalue weighted by Crippen LogP contribution is 2.29. The van der Waals surface area contributed by atoms with E-state index in [0.29, 0.717) is 10.1 Å². The van der Waals surface area contributed by atoms with Crippen LogP contribution in [-0.2, 0) is 20.6 Å². The number of benzene rings is 1. The molecule has 1 amide bonds. The number of hydrogen-bond donors (Lipinski definition) is 1. The lowest BCUT2D eigenvalue weighted by Gasteiger charge is -2.12. The third-order valence-corrected chi connectivity index (χ3v) is 6.37. The normalized spacial score (nSPS) is 11.5. The SMILES string of the molecule is CN(CC(=O)Nc1nnc(SCc2cccc([N+](=O)[O-])c2)s1)S(C)(=O)=O. The molecule has 0 saturated carbocycles. The molecular formula is C13H15N5O5S3. The van der Waals surface area contributed by atoms with Gasteiger partial charge in [-0.05, 0) is 5.56 Å². The van der Waals surface area contributed by atoms with E-state index in [-0.39, 0.29) is 17.4 Å². The van der Waals surface area contributed by atoms with Crippen molar-refractivity contribution < 1.29 is 18.1 Å². The quantitative estimate of drug-likeness (QED) is 0.296. The van der Waals surface area contributed by atoms with Crippen LogP contribution < -0.4 is 5.32 Å². The van der Waals surface area contributed by atoms with E-state index in [9.17, 15) is 23.3 Å². The number of thioether (sulfide) groups is 1. The van der Waals surface area contributed by atoms with Crippen LogP contribution in [0.3, 0.4) is 0 Å². The molecule has 10 nitrogen and oxygen atoms in total. The fraction of sp³-hybridized carbons (Fsp3) is 0.308. The number of anilines is 1. The Bertz CT molecular complexity index is 914. The molecule has 13 heteroatoms. The van der Waals surface area contributed by atoms with Gasteiger partial charge in [-0.1, -0.05) is 35.2 Å². The number of nitro benzene ring substituents is 1. The van der Waals surface area contributed by atoms with Crippen LogP contribution in [0.25, 0.3) is 0 Å². The Balaban J connectivity index is 1.90. The van der Waals surface area contributed by atoms with Gasteiger partial charge in [0.1, 0.15) is 0 Å². The van der Waals surface area contributed by atoms with Crippen LogP contribution in [-0.4, -0.2) is 53.6 Å². The lowest BCUT2D eigenvalue weighted by molar-refractivity contribution is -0.384. The first-order chi connectivity index (χ1) is 12.1. The highest BCUT2D eigenvalue weighted by molar-refractivity contribution is 8.00. The Labute approximate surface area is 157 Å². The van der Waals surface area contributed by atoms with E-state index in [1.54, 1.807) is 12.1 Å². The molecule has 1 N–H and O–H groups in total. The minimum atomic E-state index is -3.45. The summed E-state index contributed by atoms with van der Waals surface area (Å²) < 4.78 is 24.1. The molecule has 26 heavy (non-hydrogen) atoms. The van der Waals surface area contributed by atoms with Gasteiger partial charge in [0.25, 0.3) is 5.69 Å². The van der Waals surface area contributed by atoms with E-state index in [4.69, 9.17) is 0 Å². The molecule has 0 aliphatic rings. The molecule has 1 aromatic carbocycles. The first kappa shape index (κ1) is 20.2. The maximum atomic E-state index is 11.8. The lowest BCUT2D eigenvalue weighted by atomic mass is 10.2. The maximum absolute atomic E-state index is 11.8. The molecule has 140 valence electrons. The van der Waals surface area contributed by atoms with Gasteiger partial charge in [0, 0.05) is 24.9 Å². The summed E-state index contributed by atoms with van der Waals surface area (Å²) in [5, 5.41) is 21.2. The highest BCUT2D eigenvalue weighted by atomic mass is 32.2. The summed E-state index contributed by atoms with van der Waals surface area (Å²) in [5.74, 6) is -0.0644. The van der Waals surface area contributed by atoms with Crippen molar-refractivity contribution >= 4 is 49.8 Å². The third kappa shape index (κ3) is 6.01. The Morgan fingerprint density at radius 1 is 1.42 bits per heavy atom. The number of sulfonamides is 1. The number of nitrogens with zero attached hydrogens (tertiary/aromatic N) is 4. The topological polar surface area (TPSA) is 135 Å². The molecule has 0 bridgehead atoms. The van der Waals surface area contributed by atoms with Crippen LogP contribution >= 0.6 is 23.1 Å². The second kappa shape index (κ2) is 8.53. The maximum Gasteiger partial charge on any atom is 0.269 e. The van der Waals surface area contributed by atoms with Gasteiger partial charge in [0.2, 0.25) is 21.1 Å². The second-order valence-corrected chi connectivity index (χ2v) is 9.45. The minimum absolute atomic E-state index is 0.0170. The van der Waals surface area contributed by atoms with Gasteiger partial charge in [-0.2, -0.15) is 4.31 Å². The van der Waals surface area contributed by atoms with Crippen molar-refractivity contribution in [2.75, 3.05) is 25.2 Å². The first-order valence-corrected chi connectivity index (χ1v) is 10.7. The van der Waals surface area contributed by atoms with Gasteiger partial charge in [-0.3, -0.25) is 20.2 Å². The predicted octanol–water partition coefficient (Wildman–Crippen LogP) is 1.57. The van der Waals surface area contributed by atoms with E-state index >= 15 is 0 Å². The molecule has 0 unspecified atom stereocenters. The Kier molecular flexibility index (Phi) is 6.63. The van der Waals surface area contributed by atoms with Crippen molar-refractivity contribution in [2.45, 2.75) is 10.1 Å². The van der Waals surface area contributed by atoms with Crippen LogP contribution in [0.15, 0.2) is 28.6 Å². The van der Waals surface area contributed by atoms with Crippen LogP contribution in [0.4, 0.5) is 10.8 Å². The number of non-ortho nitro benzene ring substituents is 1. The van der Waals surface area contributed by atoms with Gasteiger partial charge in [-0.25, -0.2) is 8.42 Å². The standard InChI is InChI=1S/C13H15N5O5S3/c1-17(26(2,22)23)7-11(19)14-12-15-16-13(25-12)24-8-9-4-3-5-10(6-9)18(20)21/h3-6H,7-8H2,1-2H3,(H,14,15,19). The number of aromatic nitrogens is 2. The number of nitro groups is 1. The van der Waals surface area contributed by atoms with Crippen LogP contribution in [0, 0.1) is 10.1 Å². The van der Waals surface area contributed by atoms with Crippen LogP contribution in [0.1, 0.15) is 5.56 Å². The van der Waals surface area contributed by atoms with E-state index in [0.717, 1.165) is 27.5 Å². The number of nitrogens with one attached hydrogen (secondary N) is 1. The number of hydrogen-bond acceptors (Lipinski definition) is 9. The summed E-state index contributed by atoms with van der Waals surface area (Å²) in [6.45, 7) is -0.325. The molecule has 1 aromatic heterocycles. The summed E-state index contributed by atoms with van der Waals surface area (Å²) in [5.41, 5.74) is 0.781. The minimum Gasteiger partial charge on any atom is -0.299 e. The van der Waals surface area contributed by atoms with E-state index in [2.05, 4.69) is 15.5 Å². The summed E-state index contributed by atoms with van der Waals surface area (Å²) in [4.78, 5) is 22.1. The Morgan fingerprint density at radius 2 is 2.15 bits per heavy atom. The van der Waals surface area contributed by atoms with Crippen LogP contribution in [0.2, 0.25) is 0 Å². The summed E-state index contributed by atoms with van der Waals surface area (Å²) in [6, 6.07) is 6.28. The molecule has 2 rings (SSSR count). The fourth-order valence-electron chi connectivity index (χ4n) is 1.70. The third-order valence-electron chi connectivity index (χ3n) is 3.07. The van der Waals surface area contributed by atoms with Gasteiger partial charge < -0.3 is 0 Å². The molecule has 0 fully saturated rings. The van der Waals surface area contributed by atoms with Gasteiger partial charge in [0.05, 0.1) is 17.7 Å². The number of rotatable bonds is 8. The zero-order chi connectivity index (χ0) is 19.3. The average molecular weight is 417 g/mol. The molecule has 0 aliphatic carbocycles. The zero-order valence-electron chi connectivity index (χ0n) is 13.8. The molecule has 0 spiro atoms. The average Bonchev–Trinajstić information content (AvgIpc) is 2.99. The summed E-state index contributed by atoms with van der Waals surface area (Å²) >= 11 is 2.46. The van der Waals surface area contributed by atoms with Gasteiger partial charge in [-0.15, -0.1) is 10.2 Å². The first-order valence-electron chi connectivity index (χ1n) is 7.06. The zero-order valence-corrected chi connectivity index (χ0v) is 16.2. The monoisotopic (exact) mass is 417 g/mol. The molecule has 2 aromatic rings. The van der Waals surface area contributed by atoms with Crippen LogP contribution in [0.5, 0.6) is 0 Å². The lowest BCUT2D eigenvalue weighted by Crippen LogP contribution is -2.34. The number of carbonyl (C=O) groups is 1. The second-order valence-electron chi connectivity index (χ2n) is 5.16. The van der Waals surface area contributed by atoms with Crippen molar-refractivity contribution in [3.8, 4) is 0 Å². The number of carbonyl (C=O) groups excluding carboxylic acids is 1. The van der Waals surface area contributed by atoms with Crippen molar-refractivity contribution in [2.24, 2.45) is 0 Å². The predicted molar refractivity (Wildman–Crippen MR) is 98.7 cm³/mol. The van der Waals surface area contributed by atoms with E-state index < -0.39 is 20.9 Å². The van der Waals surface area contributed by atoms with Crippen molar-refractivity contribution in [1.82, 2.24) is 14.5 Å².